The van der Waals surface area contributed by atoms with E-state index in [1.807, 2.05) is 13.0 Å². The minimum Gasteiger partial charge on any atom is -0.308 e. The van der Waals surface area contributed by atoms with Crippen LogP contribution in [-0.2, 0) is 6.54 Å². The van der Waals surface area contributed by atoms with Crippen molar-refractivity contribution in [2.24, 2.45) is 0 Å². The zero-order valence-electron chi connectivity index (χ0n) is 10.4. The van der Waals surface area contributed by atoms with Gasteiger partial charge in [0, 0.05) is 17.0 Å². The zero-order valence-corrected chi connectivity index (χ0v) is 11.2. The molecule has 0 heterocycles. The monoisotopic (exact) mass is 241 g/mol. The Morgan fingerprint density at radius 1 is 1.31 bits per heavy atom. The van der Waals surface area contributed by atoms with Crippen LogP contribution in [0.15, 0.2) is 23.1 Å². The van der Waals surface area contributed by atoms with Crippen molar-refractivity contribution in [3.63, 3.8) is 0 Å². The number of halogens is 1. The summed E-state index contributed by atoms with van der Waals surface area (Å²) in [5, 5.41) is 3.38. The Morgan fingerprint density at radius 2 is 2.00 bits per heavy atom. The van der Waals surface area contributed by atoms with Crippen LogP contribution < -0.4 is 5.32 Å². The molecular formula is C13H20FNS. The van der Waals surface area contributed by atoms with Crippen molar-refractivity contribution in [3.05, 3.63) is 29.6 Å². The molecule has 16 heavy (non-hydrogen) atoms. The van der Waals surface area contributed by atoms with Crippen LogP contribution in [0.2, 0.25) is 0 Å². The maximum absolute atomic E-state index is 13.6. The molecule has 1 nitrogen and oxygen atoms in total. The van der Waals surface area contributed by atoms with E-state index in [9.17, 15) is 4.39 Å². The van der Waals surface area contributed by atoms with Crippen molar-refractivity contribution in [2.75, 3.05) is 5.75 Å². The van der Waals surface area contributed by atoms with Gasteiger partial charge in [-0.2, -0.15) is 0 Å². The summed E-state index contributed by atoms with van der Waals surface area (Å²) in [6.45, 7) is 9.08. The largest absolute Gasteiger partial charge is 0.308 e. The zero-order chi connectivity index (χ0) is 12.2. The Bertz CT molecular complexity index is 344. The topological polar surface area (TPSA) is 12.0 Å². The Morgan fingerprint density at radius 3 is 2.56 bits per heavy atom. The molecule has 0 amide bonds. The van der Waals surface area contributed by atoms with E-state index in [1.165, 1.54) is 6.07 Å². The lowest BCUT2D eigenvalue weighted by Gasteiger charge is -2.21. The molecule has 0 unspecified atom stereocenters. The number of thioether (sulfide) groups is 1. The van der Waals surface area contributed by atoms with E-state index in [0.717, 1.165) is 16.2 Å². The molecule has 1 N–H and O–H groups in total. The van der Waals surface area contributed by atoms with Crippen LogP contribution in [0, 0.1) is 5.82 Å². The SMILES string of the molecule is CCSc1c(F)cccc1CNC(C)(C)C. The normalized spacial score (nSPS) is 11.8. The van der Waals surface area contributed by atoms with Gasteiger partial charge in [0.05, 0.1) is 0 Å². The summed E-state index contributed by atoms with van der Waals surface area (Å²) in [4.78, 5) is 0.779. The highest BCUT2D eigenvalue weighted by Gasteiger charge is 2.12. The van der Waals surface area contributed by atoms with E-state index in [1.54, 1.807) is 17.8 Å². The molecule has 0 atom stereocenters. The van der Waals surface area contributed by atoms with Gasteiger partial charge in [-0.1, -0.05) is 19.1 Å². The first-order chi connectivity index (χ1) is 7.44. The Hall–Kier alpha value is -0.540. The average molecular weight is 241 g/mol. The van der Waals surface area contributed by atoms with E-state index in [0.29, 0.717) is 6.54 Å². The van der Waals surface area contributed by atoms with Gasteiger partial charge in [0.25, 0.3) is 0 Å². The summed E-state index contributed by atoms with van der Waals surface area (Å²) in [7, 11) is 0. The lowest BCUT2D eigenvalue weighted by molar-refractivity contribution is 0.421. The molecule has 0 fully saturated rings. The van der Waals surface area contributed by atoms with Crippen molar-refractivity contribution in [1.82, 2.24) is 5.32 Å². The van der Waals surface area contributed by atoms with Crippen LogP contribution >= 0.6 is 11.8 Å². The third-order valence-electron chi connectivity index (χ3n) is 2.15. The third kappa shape index (κ3) is 4.14. The van der Waals surface area contributed by atoms with Gasteiger partial charge in [-0.25, -0.2) is 4.39 Å². The van der Waals surface area contributed by atoms with Crippen molar-refractivity contribution in [3.8, 4) is 0 Å². The van der Waals surface area contributed by atoms with Crippen LogP contribution in [0.1, 0.15) is 33.3 Å². The van der Waals surface area contributed by atoms with Gasteiger partial charge in [0.1, 0.15) is 5.82 Å². The summed E-state index contributed by atoms with van der Waals surface area (Å²) in [6.07, 6.45) is 0. The van der Waals surface area contributed by atoms with Crippen LogP contribution in [0.3, 0.4) is 0 Å². The maximum Gasteiger partial charge on any atom is 0.137 e. The van der Waals surface area contributed by atoms with E-state index in [4.69, 9.17) is 0 Å². The van der Waals surface area contributed by atoms with Gasteiger partial charge in [0.15, 0.2) is 0 Å². The first-order valence-corrected chi connectivity index (χ1v) is 6.58. The van der Waals surface area contributed by atoms with Gasteiger partial charge in [-0.3, -0.25) is 0 Å². The van der Waals surface area contributed by atoms with Crippen molar-refractivity contribution < 1.29 is 4.39 Å². The molecule has 0 spiro atoms. The lowest BCUT2D eigenvalue weighted by Crippen LogP contribution is -2.35. The Labute approximate surface area is 102 Å². The molecule has 1 aromatic rings. The van der Waals surface area contributed by atoms with E-state index in [-0.39, 0.29) is 11.4 Å². The van der Waals surface area contributed by atoms with Crippen molar-refractivity contribution in [2.45, 2.75) is 44.7 Å². The summed E-state index contributed by atoms with van der Waals surface area (Å²) in [6, 6.07) is 5.28. The molecule has 0 aliphatic carbocycles. The van der Waals surface area contributed by atoms with Gasteiger partial charge in [-0.05, 0) is 38.2 Å². The van der Waals surface area contributed by atoms with Crippen LogP contribution in [0.4, 0.5) is 4.39 Å². The molecule has 1 aromatic carbocycles. The smallest absolute Gasteiger partial charge is 0.137 e. The molecule has 0 saturated heterocycles. The molecule has 90 valence electrons. The molecule has 0 bridgehead atoms. The first-order valence-electron chi connectivity index (χ1n) is 5.59. The second-order valence-corrected chi connectivity index (χ2v) is 6.04. The summed E-state index contributed by atoms with van der Waals surface area (Å²) in [5.74, 6) is 0.781. The van der Waals surface area contributed by atoms with Gasteiger partial charge >= 0.3 is 0 Å². The predicted octanol–water partition coefficient (Wildman–Crippen LogP) is 3.83. The van der Waals surface area contributed by atoms with Crippen LogP contribution in [-0.4, -0.2) is 11.3 Å². The molecular weight excluding hydrogens is 221 g/mol. The van der Waals surface area contributed by atoms with E-state index < -0.39 is 0 Å². The minimum absolute atomic E-state index is 0.0560. The second kappa shape index (κ2) is 5.69. The van der Waals surface area contributed by atoms with Crippen LogP contribution in [0.25, 0.3) is 0 Å². The molecule has 0 aliphatic heterocycles. The molecule has 0 aromatic heterocycles. The molecule has 3 heteroatoms. The van der Waals surface area contributed by atoms with Crippen molar-refractivity contribution in [1.29, 1.82) is 0 Å². The lowest BCUT2D eigenvalue weighted by atomic mass is 10.1. The standard InChI is InChI=1S/C13H20FNS/c1-5-16-12-10(7-6-8-11(12)14)9-15-13(2,3)4/h6-8,15H,5,9H2,1-4H3. The highest BCUT2D eigenvalue weighted by atomic mass is 32.2. The van der Waals surface area contributed by atoms with Gasteiger partial charge < -0.3 is 5.32 Å². The summed E-state index contributed by atoms with van der Waals surface area (Å²) in [5.41, 5.74) is 1.10. The summed E-state index contributed by atoms with van der Waals surface area (Å²) >= 11 is 1.56. The minimum atomic E-state index is -0.111. The quantitative estimate of drug-likeness (QED) is 0.804. The highest BCUT2D eigenvalue weighted by molar-refractivity contribution is 7.99. The number of rotatable bonds is 4. The first kappa shape index (κ1) is 13.5. The molecule has 0 saturated carbocycles. The fourth-order valence-electron chi connectivity index (χ4n) is 1.36. The Kier molecular flexibility index (Phi) is 4.81. The van der Waals surface area contributed by atoms with Crippen LogP contribution in [0.5, 0.6) is 0 Å². The Balaban J connectivity index is 2.82. The maximum atomic E-state index is 13.6. The number of benzene rings is 1. The predicted molar refractivity (Wildman–Crippen MR) is 69.4 cm³/mol. The van der Waals surface area contributed by atoms with Gasteiger partial charge in [0.2, 0.25) is 0 Å². The molecule has 0 aliphatic rings. The van der Waals surface area contributed by atoms with Crippen molar-refractivity contribution >= 4 is 11.8 Å². The molecule has 1 rings (SSSR count). The second-order valence-electron chi connectivity index (χ2n) is 4.76. The number of nitrogens with one attached hydrogen (secondary N) is 1. The fourth-order valence-corrected chi connectivity index (χ4v) is 2.18. The van der Waals surface area contributed by atoms with E-state index >= 15 is 0 Å². The number of hydrogen-bond donors (Lipinski definition) is 1. The highest BCUT2D eigenvalue weighted by Crippen LogP contribution is 2.26. The van der Waals surface area contributed by atoms with Gasteiger partial charge in [-0.15, -0.1) is 11.8 Å². The average Bonchev–Trinajstić information content (AvgIpc) is 2.18. The third-order valence-corrected chi connectivity index (χ3v) is 3.18. The fraction of sp³-hybridized carbons (Fsp3) is 0.538. The summed E-state index contributed by atoms with van der Waals surface area (Å²) < 4.78 is 13.6. The van der Waals surface area contributed by atoms with E-state index in [2.05, 4.69) is 26.1 Å². The number of hydrogen-bond acceptors (Lipinski definition) is 2. The molecule has 0 radical (unpaired) electrons.